The number of benzene rings is 1. The Morgan fingerprint density at radius 1 is 1.47 bits per heavy atom. The molecule has 0 saturated carbocycles. The average molecular weight is 254 g/mol. The fourth-order valence-corrected chi connectivity index (χ4v) is 2.03. The minimum Gasteiger partial charge on any atom is -0.489 e. The molecule has 3 nitrogen and oxygen atoms in total. The Morgan fingerprint density at radius 3 is 2.94 bits per heavy atom. The van der Waals surface area contributed by atoms with Crippen LogP contribution < -0.4 is 10.1 Å². The number of anilines is 1. The molecular weight excluding hydrogens is 238 g/mol. The molecule has 1 aliphatic rings. The third-order valence-corrected chi connectivity index (χ3v) is 3.32. The predicted octanol–water partition coefficient (Wildman–Crippen LogP) is 2.89. The third-order valence-electron chi connectivity index (χ3n) is 2.89. The summed E-state index contributed by atoms with van der Waals surface area (Å²) >= 11 is 5.74. The number of ether oxygens (including phenoxy) is 1. The topological polar surface area (TPSA) is 38.3 Å². The Hall–Kier alpha value is -1.22. The smallest absolute Gasteiger partial charge is 0.224 e. The van der Waals surface area contributed by atoms with E-state index in [4.69, 9.17) is 16.3 Å². The molecule has 4 heteroatoms. The van der Waals surface area contributed by atoms with E-state index in [1.165, 1.54) is 0 Å². The number of halogens is 1. The average Bonchev–Trinajstić information content (AvgIpc) is 2.33. The summed E-state index contributed by atoms with van der Waals surface area (Å²) in [5.74, 6) is 1.36. The summed E-state index contributed by atoms with van der Waals surface area (Å²) in [6, 6.07) is 3.91. The molecule has 0 aliphatic carbocycles. The molecule has 1 aromatic rings. The lowest BCUT2D eigenvalue weighted by Crippen LogP contribution is -2.22. The van der Waals surface area contributed by atoms with Crippen LogP contribution in [0.4, 0.5) is 5.69 Å². The van der Waals surface area contributed by atoms with Crippen LogP contribution in [0.1, 0.15) is 24.5 Å². The fourth-order valence-electron chi connectivity index (χ4n) is 1.97. The summed E-state index contributed by atoms with van der Waals surface area (Å²) in [5, 5.41) is 2.91. The first-order valence-corrected chi connectivity index (χ1v) is 6.30. The number of carbonyl (C=O) groups is 1. The molecule has 1 atom stereocenters. The van der Waals surface area contributed by atoms with Crippen molar-refractivity contribution in [1.82, 2.24) is 0 Å². The van der Waals surface area contributed by atoms with Gasteiger partial charge in [0, 0.05) is 12.0 Å². The van der Waals surface area contributed by atoms with Crippen LogP contribution in [-0.2, 0) is 11.2 Å². The van der Waals surface area contributed by atoms with Gasteiger partial charge < -0.3 is 10.1 Å². The summed E-state index contributed by atoms with van der Waals surface area (Å²) in [5.41, 5.74) is 3.06. The van der Waals surface area contributed by atoms with Crippen molar-refractivity contribution in [1.29, 1.82) is 0 Å². The second-order valence-corrected chi connectivity index (χ2v) is 4.67. The van der Waals surface area contributed by atoms with Gasteiger partial charge in [-0.3, -0.25) is 4.79 Å². The minimum absolute atomic E-state index is 0.0268. The number of hydrogen-bond acceptors (Lipinski definition) is 2. The lowest BCUT2D eigenvalue weighted by molar-refractivity contribution is -0.116. The van der Waals surface area contributed by atoms with Gasteiger partial charge in [0.05, 0.1) is 11.6 Å². The van der Waals surface area contributed by atoms with Crippen molar-refractivity contribution in [2.24, 2.45) is 0 Å². The molecule has 1 amide bonds. The van der Waals surface area contributed by atoms with Crippen LogP contribution in [0.3, 0.4) is 0 Å². The molecule has 1 unspecified atom stereocenters. The van der Waals surface area contributed by atoms with Gasteiger partial charge in [0.15, 0.2) is 0 Å². The van der Waals surface area contributed by atoms with Crippen molar-refractivity contribution in [2.75, 3.05) is 11.2 Å². The lowest BCUT2D eigenvalue weighted by Gasteiger charge is -2.23. The van der Waals surface area contributed by atoms with Crippen LogP contribution in [0.2, 0.25) is 0 Å². The molecule has 1 heterocycles. The monoisotopic (exact) mass is 253 g/mol. The zero-order valence-corrected chi connectivity index (χ0v) is 10.8. The van der Waals surface area contributed by atoms with Crippen molar-refractivity contribution < 1.29 is 9.53 Å². The van der Waals surface area contributed by atoms with Crippen molar-refractivity contribution >= 4 is 23.2 Å². The highest BCUT2D eigenvalue weighted by Crippen LogP contribution is 2.34. The molecule has 0 radical (unpaired) electrons. The quantitative estimate of drug-likeness (QED) is 0.842. The van der Waals surface area contributed by atoms with Gasteiger partial charge in [0.1, 0.15) is 11.9 Å². The van der Waals surface area contributed by atoms with E-state index in [0.717, 1.165) is 29.0 Å². The largest absolute Gasteiger partial charge is 0.489 e. The molecule has 1 aromatic carbocycles. The molecule has 17 heavy (non-hydrogen) atoms. The SMILES string of the molecule is Cc1ccc(OC(C)CCl)c2c1NC(=O)CC2. The van der Waals surface area contributed by atoms with Crippen molar-refractivity contribution in [3.8, 4) is 5.75 Å². The molecular formula is C13H16ClNO2. The highest BCUT2D eigenvalue weighted by Gasteiger charge is 2.21. The summed E-state index contributed by atoms with van der Waals surface area (Å²) in [6.45, 7) is 3.92. The number of aryl methyl sites for hydroxylation is 1. The molecule has 92 valence electrons. The zero-order valence-electron chi connectivity index (χ0n) is 10.0. The Kier molecular flexibility index (Phi) is 3.57. The van der Waals surface area contributed by atoms with Gasteiger partial charge in [-0.1, -0.05) is 6.07 Å². The maximum Gasteiger partial charge on any atom is 0.224 e. The maximum atomic E-state index is 11.4. The number of amides is 1. The minimum atomic E-state index is -0.0268. The second kappa shape index (κ2) is 4.96. The van der Waals surface area contributed by atoms with Gasteiger partial charge in [-0.25, -0.2) is 0 Å². The fraction of sp³-hybridized carbons (Fsp3) is 0.462. The lowest BCUT2D eigenvalue weighted by atomic mass is 9.98. The summed E-state index contributed by atoms with van der Waals surface area (Å²) < 4.78 is 5.77. The van der Waals surface area contributed by atoms with Crippen LogP contribution in [0, 0.1) is 6.92 Å². The van der Waals surface area contributed by atoms with Gasteiger partial charge in [0.25, 0.3) is 0 Å². The number of rotatable bonds is 3. The molecule has 0 saturated heterocycles. The summed E-state index contributed by atoms with van der Waals surface area (Å²) in [4.78, 5) is 11.4. The van der Waals surface area contributed by atoms with Gasteiger partial charge in [-0.15, -0.1) is 11.6 Å². The second-order valence-electron chi connectivity index (χ2n) is 4.37. The summed E-state index contributed by atoms with van der Waals surface area (Å²) in [7, 11) is 0. The van der Waals surface area contributed by atoms with Gasteiger partial charge in [0.2, 0.25) is 5.91 Å². The van der Waals surface area contributed by atoms with Crippen LogP contribution >= 0.6 is 11.6 Å². The van der Waals surface area contributed by atoms with E-state index in [-0.39, 0.29) is 12.0 Å². The van der Waals surface area contributed by atoms with E-state index in [1.54, 1.807) is 0 Å². The van der Waals surface area contributed by atoms with E-state index in [1.807, 2.05) is 26.0 Å². The Bertz CT molecular complexity index is 445. The molecule has 1 N–H and O–H groups in total. The number of hydrogen-bond donors (Lipinski definition) is 1. The van der Waals surface area contributed by atoms with Crippen LogP contribution in [0.25, 0.3) is 0 Å². The number of carbonyl (C=O) groups excluding carboxylic acids is 1. The third kappa shape index (κ3) is 2.55. The highest BCUT2D eigenvalue weighted by atomic mass is 35.5. The molecule has 0 fully saturated rings. The van der Waals surface area contributed by atoms with E-state index < -0.39 is 0 Å². The number of alkyl halides is 1. The van der Waals surface area contributed by atoms with E-state index in [2.05, 4.69) is 5.32 Å². The number of fused-ring (bicyclic) bond motifs is 1. The zero-order chi connectivity index (χ0) is 12.4. The van der Waals surface area contributed by atoms with E-state index in [9.17, 15) is 4.79 Å². The Balaban J connectivity index is 2.35. The molecule has 0 bridgehead atoms. The highest BCUT2D eigenvalue weighted by molar-refractivity contribution is 6.18. The molecule has 0 spiro atoms. The standard InChI is InChI=1S/C13H16ClNO2/c1-8-3-5-11(17-9(2)7-14)10-4-6-12(16)15-13(8)10/h3,5,9H,4,6-7H2,1-2H3,(H,15,16). The van der Waals surface area contributed by atoms with Crippen molar-refractivity contribution in [2.45, 2.75) is 32.8 Å². The van der Waals surface area contributed by atoms with Crippen molar-refractivity contribution in [3.05, 3.63) is 23.3 Å². The van der Waals surface area contributed by atoms with Crippen LogP contribution in [0.5, 0.6) is 5.75 Å². The molecule has 1 aliphatic heterocycles. The number of nitrogens with one attached hydrogen (secondary N) is 1. The van der Waals surface area contributed by atoms with Crippen LogP contribution in [0.15, 0.2) is 12.1 Å². The first-order valence-electron chi connectivity index (χ1n) is 5.76. The van der Waals surface area contributed by atoms with Gasteiger partial charge in [-0.05, 0) is 31.9 Å². The first kappa shape index (κ1) is 12.2. The van der Waals surface area contributed by atoms with E-state index in [0.29, 0.717) is 12.3 Å². The van der Waals surface area contributed by atoms with Gasteiger partial charge >= 0.3 is 0 Å². The van der Waals surface area contributed by atoms with Crippen molar-refractivity contribution in [3.63, 3.8) is 0 Å². The Labute approximate surface area is 106 Å². The van der Waals surface area contributed by atoms with Crippen LogP contribution in [-0.4, -0.2) is 17.9 Å². The van der Waals surface area contributed by atoms with Gasteiger partial charge in [-0.2, -0.15) is 0 Å². The Morgan fingerprint density at radius 2 is 2.24 bits per heavy atom. The molecule has 2 rings (SSSR count). The maximum absolute atomic E-state index is 11.4. The normalized spacial score (nSPS) is 16.1. The van der Waals surface area contributed by atoms with E-state index >= 15 is 0 Å². The summed E-state index contributed by atoms with van der Waals surface area (Å²) in [6.07, 6.45) is 1.22. The first-order chi connectivity index (χ1) is 8.11. The predicted molar refractivity (Wildman–Crippen MR) is 68.9 cm³/mol. The molecule has 0 aromatic heterocycles.